The molecule has 6 nitrogen and oxygen atoms in total. The van der Waals surface area contributed by atoms with Gasteiger partial charge in [-0.25, -0.2) is 0 Å². The van der Waals surface area contributed by atoms with Crippen molar-refractivity contribution in [2.45, 2.75) is 13.0 Å². The Balaban J connectivity index is 1.68. The zero-order chi connectivity index (χ0) is 19.0. The van der Waals surface area contributed by atoms with Gasteiger partial charge in [0.15, 0.2) is 16.6 Å². The molecule has 0 aliphatic carbocycles. The second kappa shape index (κ2) is 7.09. The highest BCUT2D eigenvalue weighted by atomic mass is 35.5. The second-order valence-corrected chi connectivity index (χ2v) is 6.99. The van der Waals surface area contributed by atoms with Crippen LogP contribution in [-0.2, 0) is 4.79 Å². The van der Waals surface area contributed by atoms with Crippen LogP contribution >= 0.6 is 23.8 Å². The summed E-state index contributed by atoms with van der Waals surface area (Å²) in [4.78, 5) is 13.0. The quantitative estimate of drug-likeness (QED) is 0.684. The molecule has 8 heteroatoms. The summed E-state index contributed by atoms with van der Waals surface area (Å²) in [5.41, 5.74) is 2.67. The molecule has 1 atom stereocenters. The zero-order valence-corrected chi connectivity index (χ0v) is 15.9. The monoisotopic (exact) mass is 401 g/mol. The average Bonchev–Trinajstić information content (AvgIpc) is 3.08. The number of thiocarbonyl (C=S) groups is 1. The third-order valence-electron chi connectivity index (χ3n) is 4.33. The Bertz CT molecular complexity index is 976. The van der Waals surface area contributed by atoms with E-state index in [9.17, 15) is 4.79 Å². The number of halogens is 1. The van der Waals surface area contributed by atoms with Crippen molar-refractivity contribution in [2.24, 2.45) is 0 Å². The molecule has 0 bridgehead atoms. The smallest absolute Gasteiger partial charge is 0.255 e. The van der Waals surface area contributed by atoms with Gasteiger partial charge in [-0.2, -0.15) is 0 Å². The van der Waals surface area contributed by atoms with Gasteiger partial charge >= 0.3 is 0 Å². The molecule has 1 amide bonds. The van der Waals surface area contributed by atoms with E-state index in [2.05, 4.69) is 16.0 Å². The number of amides is 1. The Kier molecular flexibility index (Phi) is 4.63. The lowest BCUT2D eigenvalue weighted by Gasteiger charge is -2.30. The van der Waals surface area contributed by atoms with Crippen molar-refractivity contribution in [3.63, 3.8) is 0 Å². The second-order valence-electron chi connectivity index (χ2n) is 6.15. The number of rotatable bonds is 3. The van der Waals surface area contributed by atoms with Gasteiger partial charge in [-0.1, -0.05) is 23.7 Å². The molecule has 0 saturated heterocycles. The highest BCUT2D eigenvalue weighted by molar-refractivity contribution is 7.80. The van der Waals surface area contributed by atoms with Crippen molar-refractivity contribution in [3.8, 4) is 11.5 Å². The van der Waals surface area contributed by atoms with Crippen molar-refractivity contribution >= 4 is 40.5 Å². The summed E-state index contributed by atoms with van der Waals surface area (Å²) >= 11 is 11.3. The summed E-state index contributed by atoms with van der Waals surface area (Å²) in [5.74, 6) is 1.08. The molecule has 4 rings (SSSR count). The number of carbonyl (C=O) groups excluding carboxylic acids is 1. The maximum atomic E-state index is 13.0. The highest BCUT2D eigenvalue weighted by Gasteiger charge is 2.31. The minimum Gasteiger partial charge on any atom is -0.454 e. The van der Waals surface area contributed by atoms with Crippen molar-refractivity contribution < 1.29 is 14.3 Å². The summed E-state index contributed by atoms with van der Waals surface area (Å²) in [5, 5.41) is 10.1. The third-order valence-corrected chi connectivity index (χ3v) is 4.78. The van der Waals surface area contributed by atoms with Crippen LogP contribution in [0, 0.1) is 0 Å². The molecule has 0 spiro atoms. The van der Waals surface area contributed by atoms with Gasteiger partial charge in [0.2, 0.25) is 6.79 Å². The van der Waals surface area contributed by atoms with Crippen molar-refractivity contribution in [3.05, 3.63) is 64.3 Å². The van der Waals surface area contributed by atoms with E-state index in [-0.39, 0.29) is 12.7 Å². The van der Waals surface area contributed by atoms with Crippen LogP contribution in [0.4, 0.5) is 5.69 Å². The number of fused-ring (bicyclic) bond motifs is 1. The maximum Gasteiger partial charge on any atom is 0.255 e. The molecule has 0 saturated carbocycles. The SMILES string of the molecule is CC1=C(C(=O)Nc2cccc(Cl)c2)C(c2ccc3c(c2)OCO3)NC(=S)N1. The van der Waals surface area contributed by atoms with Crippen molar-refractivity contribution in [1.29, 1.82) is 0 Å². The fraction of sp³-hybridized carbons (Fsp3) is 0.158. The molecule has 138 valence electrons. The van der Waals surface area contributed by atoms with Gasteiger partial charge < -0.3 is 25.4 Å². The molecule has 0 radical (unpaired) electrons. The van der Waals surface area contributed by atoms with Crippen LogP contribution in [0.5, 0.6) is 11.5 Å². The van der Waals surface area contributed by atoms with E-state index in [1.165, 1.54) is 0 Å². The maximum absolute atomic E-state index is 13.0. The van der Waals surface area contributed by atoms with E-state index in [0.717, 1.165) is 5.56 Å². The van der Waals surface area contributed by atoms with E-state index in [1.54, 1.807) is 24.3 Å². The molecule has 2 aromatic rings. The number of hydrogen-bond donors (Lipinski definition) is 3. The molecular formula is C19H16ClN3O3S. The van der Waals surface area contributed by atoms with Gasteiger partial charge in [0, 0.05) is 16.4 Å². The summed E-state index contributed by atoms with van der Waals surface area (Å²) < 4.78 is 10.8. The number of carbonyl (C=O) groups is 1. The van der Waals surface area contributed by atoms with Crippen LogP contribution in [-0.4, -0.2) is 17.8 Å². The topological polar surface area (TPSA) is 71.6 Å². The number of ether oxygens (including phenoxy) is 2. The Labute approximate surface area is 166 Å². The first-order valence-electron chi connectivity index (χ1n) is 8.26. The van der Waals surface area contributed by atoms with E-state index >= 15 is 0 Å². The Morgan fingerprint density at radius 3 is 2.85 bits per heavy atom. The lowest BCUT2D eigenvalue weighted by atomic mass is 9.94. The first-order valence-corrected chi connectivity index (χ1v) is 9.04. The van der Waals surface area contributed by atoms with Gasteiger partial charge in [0.1, 0.15) is 0 Å². The summed E-state index contributed by atoms with van der Waals surface area (Å²) in [7, 11) is 0. The molecular weight excluding hydrogens is 386 g/mol. The molecule has 27 heavy (non-hydrogen) atoms. The van der Waals surface area contributed by atoms with Crippen LogP contribution in [0.25, 0.3) is 0 Å². The fourth-order valence-corrected chi connectivity index (χ4v) is 3.56. The highest BCUT2D eigenvalue weighted by Crippen LogP contribution is 2.37. The minimum atomic E-state index is -0.424. The summed E-state index contributed by atoms with van der Waals surface area (Å²) in [6.07, 6.45) is 0. The molecule has 2 aliphatic rings. The lowest BCUT2D eigenvalue weighted by Crippen LogP contribution is -2.45. The largest absolute Gasteiger partial charge is 0.454 e. The zero-order valence-electron chi connectivity index (χ0n) is 14.3. The van der Waals surface area contributed by atoms with E-state index in [4.69, 9.17) is 33.3 Å². The standard InChI is InChI=1S/C19H16ClN3O3S/c1-10-16(18(24)22-13-4-2-3-12(20)8-13)17(23-19(27)21-10)11-5-6-14-15(7-11)26-9-25-14/h2-8,17H,9H2,1H3,(H,22,24)(H2,21,23,27). The van der Waals surface area contributed by atoms with E-state index in [1.807, 2.05) is 25.1 Å². The summed E-state index contributed by atoms with van der Waals surface area (Å²) in [6.45, 7) is 2.01. The number of nitrogens with one attached hydrogen (secondary N) is 3. The van der Waals surface area contributed by atoms with Crippen LogP contribution in [0.15, 0.2) is 53.7 Å². The van der Waals surface area contributed by atoms with Gasteiger partial charge in [-0.3, -0.25) is 4.79 Å². The van der Waals surface area contributed by atoms with Crippen molar-refractivity contribution in [2.75, 3.05) is 12.1 Å². The predicted molar refractivity (Wildman–Crippen MR) is 107 cm³/mol. The molecule has 2 aromatic carbocycles. The molecule has 2 heterocycles. The Morgan fingerprint density at radius 2 is 2.04 bits per heavy atom. The fourth-order valence-electron chi connectivity index (χ4n) is 3.10. The minimum absolute atomic E-state index is 0.188. The molecule has 2 aliphatic heterocycles. The Morgan fingerprint density at radius 1 is 1.22 bits per heavy atom. The number of benzene rings is 2. The number of allylic oxidation sites excluding steroid dienone is 1. The van der Waals surface area contributed by atoms with E-state index < -0.39 is 6.04 Å². The number of hydrogen-bond acceptors (Lipinski definition) is 4. The van der Waals surface area contributed by atoms with Gasteiger partial charge in [-0.15, -0.1) is 0 Å². The third kappa shape index (κ3) is 3.56. The van der Waals surface area contributed by atoms with E-state index in [0.29, 0.717) is 38.6 Å². The normalized spacial score (nSPS) is 18.0. The van der Waals surface area contributed by atoms with Gasteiger partial charge in [0.25, 0.3) is 5.91 Å². The average molecular weight is 402 g/mol. The molecule has 0 aromatic heterocycles. The summed E-state index contributed by atoms with van der Waals surface area (Å²) in [6, 6.07) is 12.1. The molecule has 0 fully saturated rings. The van der Waals surface area contributed by atoms with Crippen LogP contribution < -0.4 is 25.4 Å². The van der Waals surface area contributed by atoms with Crippen LogP contribution in [0.2, 0.25) is 5.02 Å². The van der Waals surface area contributed by atoms with Crippen LogP contribution in [0.3, 0.4) is 0 Å². The van der Waals surface area contributed by atoms with Gasteiger partial charge in [0.05, 0.1) is 11.6 Å². The Hall–Kier alpha value is -2.77. The van der Waals surface area contributed by atoms with Gasteiger partial charge in [-0.05, 0) is 55.0 Å². The molecule has 3 N–H and O–H groups in total. The molecule has 1 unspecified atom stereocenters. The lowest BCUT2D eigenvalue weighted by molar-refractivity contribution is -0.113. The first-order chi connectivity index (χ1) is 13.0. The van der Waals surface area contributed by atoms with Crippen molar-refractivity contribution in [1.82, 2.24) is 10.6 Å². The first kappa shape index (κ1) is 17.6. The predicted octanol–water partition coefficient (Wildman–Crippen LogP) is 3.50. The number of anilines is 1. The van der Waals surface area contributed by atoms with Crippen LogP contribution in [0.1, 0.15) is 18.5 Å².